The fourth-order valence-corrected chi connectivity index (χ4v) is 2.82. The van der Waals surface area contributed by atoms with Crippen LogP contribution in [0.3, 0.4) is 0 Å². The lowest BCUT2D eigenvalue weighted by atomic mass is 9.88. The first-order chi connectivity index (χ1) is 9.33. The van der Waals surface area contributed by atoms with Crippen LogP contribution >= 0.6 is 0 Å². The van der Waals surface area contributed by atoms with Crippen molar-refractivity contribution in [2.24, 2.45) is 0 Å². The lowest BCUT2D eigenvalue weighted by Gasteiger charge is -2.19. The Morgan fingerprint density at radius 3 is 2.26 bits per heavy atom. The van der Waals surface area contributed by atoms with Gasteiger partial charge in [0.2, 0.25) is 5.91 Å². The quantitative estimate of drug-likeness (QED) is 0.893. The third-order valence-corrected chi connectivity index (χ3v) is 3.76. The maximum atomic E-state index is 11.7. The van der Waals surface area contributed by atoms with Crippen molar-refractivity contribution in [3.8, 4) is 0 Å². The van der Waals surface area contributed by atoms with E-state index >= 15 is 0 Å². The zero-order chi connectivity index (χ0) is 13.1. The Morgan fingerprint density at radius 2 is 1.58 bits per heavy atom. The summed E-state index contributed by atoms with van der Waals surface area (Å²) in [5.74, 6) is 0.448. The Labute approximate surface area is 113 Å². The summed E-state index contributed by atoms with van der Waals surface area (Å²) in [6.07, 6.45) is 1.49. The van der Waals surface area contributed by atoms with E-state index in [0.29, 0.717) is 6.42 Å². The van der Waals surface area contributed by atoms with Crippen molar-refractivity contribution < 1.29 is 4.79 Å². The molecule has 0 spiro atoms. The number of benzene rings is 2. The highest BCUT2D eigenvalue weighted by Crippen LogP contribution is 2.30. The number of rotatable bonds is 3. The van der Waals surface area contributed by atoms with Crippen molar-refractivity contribution >= 4 is 5.91 Å². The molecule has 2 atom stereocenters. The molecule has 2 aromatic rings. The predicted molar refractivity (Wildman–Crippen MR) is 75.9 cm³/mol. The number of hydrogen-bond donors (Lipinski definition) is 1. The number of carbonyl (C=O) groups excluding carboxylic acids is 1. The molecule has 1 aliphatic heterocycles. The van der Waals surface area contributed by atoms with Gasteiger partial charge in [-0.3, -0.25) is 4.79 Å². The first kappa shape index (κ1) is 12.0. The summed E-state index contributed by atoms with van der Waals surface area (Å²) in [5, 5.41) is 3.11. The highest BCUT2D eigenvalue weighted by Gasteiger charge is 2.33. The van der Waals surface area contributed by atoms with E-state index in [1.165, 1.54) is 11.1 Å². The van der Waals surface area contributed by atoms with Crippen molar-refractivity contribution in [2.45, 2.75) is 24.8 Å². The molecule has 0 bridgehead atoms. The molecule has 1 saturated heterocycles. The Hall–Kier alpha value is -2.09. The Bertz CT molecular complexity index is 550. The van der Waals surface area contributed by atoms with Crippen LogP contribution in [0.25, 0.3) is 0 Å². The molecule has 1 N–H and O–H groups in total. The largest absolute Gasteiger partial charge is 0.352 e. The maximum absolute atomic E-state index is 11.7. The van der Waals surface area contributed by atoms with Gasteiger partial charge < -0.3 is 5.32 Å². The molecule has 3 rings (SSSR count). The molecule has 2 nitrogen and oxygen atoms in total. The van der Waals surface area contributed by atoms with E-state index in [1.54, 1.807) is 0 Å². The molecular weight excluding hydrogens is 234 g/mol. The van der Waals surface area contributed by atoms with Crippen LogP contribution in [0.2, 0.25) is 0 Å². The molecule has 0 unspecified atom stereocenters. The summed E-state index contributed by atoms with van der Waals surface area (Å²) in [6, 6.07) is 20.9. The Balaban J connectivity index is 1.81. The highest BCUT2D eigenvalue weighted by atomic mass is 16.2. The second-order valence-corrected chi connectivity index (χ2v) is 5.09. The molecule has 2 aromatic carbocycles. The molecule has 0 saturated carbocycles. The van der Waals surface area contributed by atoms with E-state index in [2.05, 4.69) is 29.6 Å². The number of carbonyl (C=O) groups is 1. The maximum Gasteiger partial charge on any atom is 0.220 e. The molecule has 2 heteroatoms. The molecular formula is C17H17NO. The molecule has 1 amide bonds. The standard InChI is InChI=1S/C17H17NO/c19-17-12-15(14-9-5-2-6-10-14)16(18-17)11-13-7-3-1-4-8-13/h1-10,15-16H,11-12H2,(H,18,19)/t15-,16+/m0/s1. The fraction of sp³-hybridized carbons (Fsp3) is 0.235. The zero-order valence-electron chi connectivity index (χ0n) is 10.8. The van der Waals surface area contributed by atoms with Gasteiger partial charge in [-0.05, 0) is 17.5 Å². The van der Waals surface area contributed by atoms with Gasteiger partial charge in [-0.1, -0.05) is 60.7 Å². The van der Waals surface area contributed by atoms with Crippen molar-refractivity contribution in [3.05, 3.63) is 71.8 Å². The Kier molecular flexibility index (Phi) is 3.32. The van der Waals surface area contributed by atoms with Crippen LogP contribution in [-0.4, -0.2) is 11.9 Å². The molecule has 0 aromatic heterocycles. The van der Waals surface area contributed by atoms with Crippen molar-refractivity contribution in [1.29, 1.82) is 0 Å². The van der Waals surface area contributed by atoms with Crippen LogP contribution in [0.5, 0.6) is 0 Å². The first-order valence-corrected chi connectivity index (χ1v) is 6.71. The minimum Gasteiger partial charge on any atom is -0.352 e. The minimum atomic E-state index is 0.162. The van der Waals surface area contributed by atoms with E-state index < -0.39 is 0 Å². The van der Waals surface area contributed by atoms with Gasteiger partial charge in [-0.2, -0.15) is 0 Å². The molecule has 1 heterocycles. The third-order valence-electron chi connectivity index (χ3n) is 3.76. The van der Waals surface area contributed by atoms with E-state index in [4.69, 9.17) is 0 Å². The summed E-state index contributed by atoms with van der Waals surface area (Å²) < 4.78 is 0. The predicted octanol–water partition coefficient (Wildman–Crippen LogP) is 2.90. The van der Waals surface area contributed by atoms with Gasteiger partial charge in [0, 0.05) is 18.4 Å². The van der Waals surface area contributed by atoms with Crippen molar-refractivity contribution in [1.82, 2.24) is 5.32 Å². The van der Waals surface area contributed by atoms with Gasteiger partial charge in [0.15, 0.2) is 0 Å². The summed E-state index contributed by atoms with van der Waals surface area (Å²) >= 11 is 0. The van der Waals surface area contributed by atoms with Gasteiger partial charge in [-0.25, -0.2) is 0 Å². The molecule has 0 radical (unpaired) electrons. The zero-order valence-corrected chi connectivity index (χ0v) is 10.8. The number of hydrogen-bond acceptors (Lipinski definition) is 1. The second-order valence-electron chi connectivity index (χ2n) is 5.09. The Morgan fingerprint density at radius 1 is 0.947 bits per heavy atom. The van der Waals surface area contributed by atoms with E-state index in [1.807, 2.05) is 36.4 Å². The normalized spacial score (nSPS) is 22.2. The number of nitrogens with one attached hydrogen (secondary N) is 1. The third kappa shape index (κ3) is 2.68. The first-order valence-electron chi connectivity index (χ1n) is 6.71. The summed E-state index contributed by atoms with van der Waals surface area (Å²) in [7, 11) is 0. The van der Waals surface area contributed by atoms with Gasteiger partial charge in [0.05, 0.1) is 0 Å². The highest BCUT2D eigenvalue weighted by molar-refractivity contribution is 5.80. The fourth-order valence-electron chi connectivity index (χ4n) is 2.82. The smallest absolute Gasteiger partial charge is 0.220 e. The van der Waals surface area contributed by atoms with Crippen molar-refractivity contribution in [2.75, 3.05) is 0 Å². The minimum absolute atomic E-state index is 0.162. The van der Waals surface area contributed by atoms with Crippen LogP contribution < -0.4 is 5.32 Å². The molecule has 96 valence electrons. The topological polar surface area (TPSA) is 29.1 Å². The van der Waals surface area contributed by atoms with Crippen LogP contribution in [0.15, 0.2) is 60.7 Å². The van der Waals surface area contributed by atoms with Gasteiger partial charge >= 0.3 is 0 Å². The van der Waals surface area contributed by atoms with Gasteiger partial charge in [-0.15, -0.1) is 0 Å². The SMILES string of the molecule is O=C1C[C@@H](c2ccccc2)[C@@H](Cc2ccccc2)N1. The van der Waals surface area contributed by atoms with Crippen LogP contribution in [0, 0.1) is 0 Å². The van der Waals surface area contributed by atoms with Crippen LogP contribution in [0.1, 0.15) is 23.5 Å². The summed E-state index contributed by atoms with van der Waals surface area (Å²) in [4.78, 5) is 11.7. The second kappa shape index (κ2) is 5.27. The summed E-state index contributed by atoms with van der Waals surface area (Å²) in [6.45, 7) is 0. The van der Waals surface area contributed by atoms with Gasteiger partial charge in [0.25, 0.3) is 0 Å². The van der Waals surface area contributed by atoms with E-state index in [-0.39, 0.29) is 17.9 Å². The van der Waals surface area contributed by atoms with Gasteiger partial charge in [0.1, 0.15) is 0 Å². The lowest BCUT2D eigenvalue weighted by Crippen LogP contribution is -2.30. The van der Waals surface area contributed by atoms with Crippen molar-refractivity contribution in [3.63, 3.8) is 0 Å². The summed E-state index contributed by atoms with van der Waals surface area (Å²) in [5.41, 5.74) is 2.53. The lowest BCUT2D eigenvalue weighted by molar-refractivity contribution is -0.119. The van der Waals surface area contributed by atoms with Crippen LogP contribution in [-0.2, 0) is 11.2 Å². The molecule has 1 aliphatic rings. The number of amides is 1. The van der Waals surface area contributed by atoms with Crippen LogP contribution in [0.4, 0.5) is 0 Å². The monoisotopic (exact) mass is 251 g/mol. The van der Waals surface area contributed by atoms with E-state index in [0.717, 1.165) is 6.42 Å². The molecule has 19 heavy (non-hydrogen) atoms. The van der Waals surface area contributed by atoms with E-state index in [9.17, 15) is 4.79 Å². The average Bonchev–Trinajstić information content (AvgIpc) is 2.82. The molecule has 1 fully saturated rings. The molecule has 0 aliphatic carbocycles. The average molecular weight is 251 g/mol.